The van der Waals surface area contributed by atoms with E-state index in [1.807, 2.05) is 6.92 Å². The molecular formula is C13H17FO2. The fourth-order valence-corrected chi connectivity index (χ4v) is 1.46. The lowest BCUT2D eigenvalue weighted by atomic mass is 10.0. The molecule has 1 aromatic carbocycles. The van der Waals surface area contributed by atoms with Gasteiger partial charge in [0.25, 0.3) is 0 Å². The number of rotatable bonds is 6. The molecule has 1 rings (SSSR count). The van der Waals surface area contributed by atoms with Crippen molar-refractivity contribution in [3.05, 3.63) is 35.6 Å². The highest BCUT2D eigenvalue weighted by Crippen LogP contribution is 2.22. The van der Waals surface area contributed by atoms with Gasteiger partial charge in [0.2, 0.25) is 0 Å². The summed E-state index contributed by atoms with van der Waals surface area (Å²) in [6.07, 6.45) is 0.399. The third-order valence-electron chi connectivity index (χ3n) is 2.32. The molecule has 2 nitrogen and oxygen atoms in total. The van der Waals surface area contributed by atoms with Crippen LogP contribution in [0.1, 0.15) is 38.4 Å². The molecule has 3 heteroatoms. The number of halogens is 1. The average molecular weight is 224 g/mol. The summed E-state index contributed by atoms with van der Waals surface area (Å²) in [5.41, 5.74) is 0.336. The van der Waals surface area contributed by atoms with E-state index >= 15 is 0 Å². The van der Waals surface area contributed by atoms with Gasteiger partial charge in [-0.05, 0) is 12.5 Å². The van der Waals surface area contributed by atoms with Gasteiger partial charge in [0.05, 0.1) is 0 Å². The molecule has 1 unspecified atom stereocenters. The molecule has 0 aliphatic carbocycles. The number of carbonyl (C=O) groups excluding carboxylic acids is 1. The summed E-state index contributed by atoms with van der Waals surface area (Å²) in [5, 5.41) is 0. The van der Waals surface area contributed by atoms with E-state index in [-0.39, 0.29) is 11.6 Å². The lowest BCUT2D eigenvalue weighted by Crippen LogP contribution is -2.17. The van der Waals surface area contributed by atoms with Crippen molar-refractivity contribution in [2.75, 3.05) is 6.61 Å². The van der Waals surface area contributed by atoms with Gasteiger partial charge < -0.3 is 4.74 Å². The number of Topliss-reactive ketones (excluding diaryl/α,β-unsaturated/α-hetero) is 1. The standard InChI is InChI=1S/C13H17FO2/c1-3-9-16-13(12(15)4-2)10-7-5-6-8-11(10)14/h5-8,13H,3-4,9H2,1-2H3. The van der Waals surface area contributed by atoms with Gasteiger partial charge in [-0.3, -0.25) is 4.79 Å². The van der Waals surface area contributed by atoms with Crippen molar-refractivity contribution in [2.45, 2.75) is 32.8 Å². The largest absolute Gasteiger partial charge is 0.366 e. The van der Waals surface area contributed by atoms with Crippen LogP contribution in [0.5, 0.6) is 0 Å². The Hall–Kier alpha value is -1.22. The van der Waals surface area contributed by atoms with Crippen LogP contribution in [0.15, 0.2) is 24.3 Å². The minimum Gasteiger partial charge on any atom is -0.366 e. The molecular weight excluding hydrogens is 207 g/mol. The number of carbonyl (C=O) groups is 1. The SMILES string of the molecule is CCCOC(C(=O)CC)c1ccccc1F. The second-order valence-electron chi connectivity index (χ2n) is 3.59. The van der Waals surface area contributed by atoms with E-state index in [0.717, 1.165) is 6.42 Å². The molecule has 0 saturated carbocycles. The minimum absolute atomic E-state index is 0.0847. The molecule has 0 radical (unpaired) electrons. The predicted octanol–water partition coefficient (Wildman–Crippen LogP) is 3.27. The topological polar surface area (TPSA) is 26.3 Å². The van der Waals surface area contributed by atoms with Crippen molar-refractivity contribution >= 4 is 5.78 Å². The second kappa shape index (κ2) is 6.38. The molecule has 0 bridgehead atoms. The first-order chi connectivity index (χ1) is 7.70. The average Bonchev–Trinajstić information content (AvgIpc) is 2.31. The fraction of sp³-hybridized carbons (Fsp3) is 0.462. The van der Waals surface area contributed by atoms with Crippen molar-refractivity contribution in [2.24, 2.45) is 0 Å². The summed E-state index contributed by atoms with van der Waals surface area (Å²) >= 11 is 0. The van der Waals surface area contributed by atoms with Crippen molar-refractivity contribution < 1.29 is 13.9 Å². The Balaban J connectivity index is 2.92. The molecule has 16 heavy (non-hydrogen) atoms. The molecule has 0 aromatic heterocycles. The van der Waals surface area contributed by atoms with Gasteiger partial charge in [0.1, 0.15) is 11.9 Å². The van der Waals surface area contributed by atoms with Crippen LogP contribution < -0.4 is 0 Å². The number of ether oxygens (including phenoxy) is 1. The maximum atomic E-state index is 13.5. The van der Waals surface area contributed by atoms with Crippen LogP contribution in [0.2, 0.25) is 0 Å². The third kappa shape index (κ3) is 3.14. The Labute approximate surface area is 95.4 Å². The van der Waals surface area contributed by atoms with Crippen molar-refractivity contribution in [1.29, 1.82) is 0 Å². The van der Waals surface area contributed by atoms with Crippen LogP contribution in [-0.4, -0.2) is 12.4 Å². The monoisotopic (exact) mass is 224 g/mol. The van der Waals surface area contributed by atoms with E-state index in [2.05, 4.69) is 0 Å². The van der Waals surface area contributed by atoms with Crippen molar-refractivity contribution in [1.82, 2.24) is 0 Å². The highest BCUT2D eigenvalue weighted by Gasteiger charge is 2.22. The fourth-order valence-electron chi connectivity index (χ4n) is 1.46. The lowest BCUT2D eigenvalue weighted by Gasteiger charge is -2.16. The molecule has 0 N–H and O–H groups in total. The van der Waals surface area contributed by atoms with Crippen LogP contribution in [0.4, 0.5) is 4.39 Å². The number of hydrogen-bond donors (Lipinski definition) is 0. The minimum atomic E-state index is -0.758. The zero-order valence-electron chi connectivity index (χ0n) is 9.70. The summed E-state index contributed by atoms with van der Waals surface area (Å²) in [7, 11) is 0. The number of ketones is 1. The Morgan fingerprint density at radius 2 is 2.06 bits per heavy atom. The molecule has 0 saturated heterocycles. The molecule has 0 aliphatic heterocycles. The molecule has 0 aliphatic rings. The Kier molecular flexibility index (Phi) is 5.12. The Bertz CT molecular complexity index is 350. The zero-order valence-corrected chi connectivity index (χ0v) is 9.70. The highest BCUT2D eigenvalue weighted by molar-refractivity contribution is 5.84. The summed E-state index contributed by atoms with van der Waals surface area (Å²) < 4.78 is 19.0. The predicted molar refractivity (Wildman–Crippen MR) is 60.7 cm³/mol. The van der Waals surface area contributed by atoms with E-state index < -0.39 is 6.10 Å². The van der Waals surface area contributed by atoms with Crippen LogP contribution >= 0.6 is 0 Å². The van der Waals surface area contributed by atoms with Crippen LogP contribution in [0.3, 0.4) is 0 Å². The van der Waals surface area contributed by atoms with Gasteiger partial charge >= 0.3 is 0 Å². The normalized spacial score (nSPS) is 12.4. The maximum absolute atomic E-state index is 13.5. The molecule has 1 aromatic rings. The molecule has 0 heterocycles. The molecule has 0 amide bonds. The van der Waals surface area contributed by atoms with Crippen molar-refractivity contribution in [3.8, 4) is 0 Å². The smallest absolute Gasteiger partial charge is 0.165 e. The highest BCUT2D eigenvalue weighted by atomic mass is 19.1. The quantitative estimate of drug-likeness (QED) is 0.741. The van der Waals surface area contributed by atoms with E-state index in [0.29, 0.717) is 18.6 Å². The van der Waals surface area contributed by atoms with Gasteiger partial charge in [-0.15, -0.1) is 0 Å². The first kappa shape index (κ1) is 12.8. The summed E-state index contributed by atoms with van der Waals surface area (Å²) in [4.78, 5) is 11.7. The van der Waals surface area contributed by atoms with Gasteiger partial charge in [-0.2, -0.15) is 0 Å². The number of hydrogen-bond acceptors (Lipinski definition) is 2. The summed E-state index contributed by atoms with van der Waals surface area (Å²) in [6, 6.07) is 6.26. The first-order valence-electron chi connectivity index (χ1n) is 5.59. The van der Waals surface area contributed by atoms with Gasteiger partial charge in [-0.25, -0.2) is 4.39 Å². The number of benzene rings is 1. The molecule has 0 fully saturated rings. The van der Waals surface area contributed by atoms with Gasteiger partial charge in [-0.1, -0.05) is 32.0 Å². The van der Waals surface area contributed by atoms with Gasteiger partial charge in [0, 0.05) is 18.6 Å². The van der Waals surface area contributed by atoms with E-state index in [1.165, 1.54) is 6.07 Å². The lowest BCUT2D eigenvalue weighted by molar-refractivity contribution is -0.130. The molecule has 0 spiro atoms. The van der Waals surface area contributed by atoms with Gasteiger partial charge in [0.15, 0.2) is 5.78 Å². The van der Waals surface area contributed by atoms with E-state index in [1.54, 1.807) is 25.1 Å². The van der Waals surface area contributed by atoms with Crippen LogP contribution in [-0.2, 0) is 9.53 Å². The van der Waals surface area contributed by atoms with Crippen molar-refractivity contribution in [3.63, 3.8) is 0 Å². The van der Waals surface area contributed by atoms with E-state index in [4.69, 9.17) is 4.74 Å². The second-order valence-corrected chi connectivity index (χ2v) is 3.59. The van der Waals surface area contributed by atoms with E-state index in [9.17, 15) is 9.18 Å². The third-order valence-corrected chi connectivity index (χ3v) is 2.32. The maximum Gasteiger partial charge on any atom is 0.165 e. The molecule has 88 valence electrons. The molecule has 1 atom stereocenters. The first-order valence-corrected chi connectivity index (χ1v) is 5.59. The van der Waals surface area contributed by atoms with Crippen LogP contribution in [0.25, 0.3) is 0 Å². The zero-order chi connectivity index (χ0) is 12.0. The summed E-state index contributed by atoms with van der Waals surface area (Å²) in [6.45, 7) is 4.17. The summed E-state index contributed by atoms with van der Waals surface area (Å²) in [5.74, 6) is -0.469. The Morgan fingerprint density at radius 3 is 2.62 bits per heavy atom. The van der Waals surface area contributed by atoms with Crippen LogP contribution in [0, 0.1) is 5.82 Å². The Morgan fingerprint density at radius 1 is 1.38 bits per heavy atom.